The van der Waals surface area contributed by atoms with Gasteiger partial charge in [0.15, 0.2) is 0 Å². The Morgan fingerprint density at radius 3 is 2.45 bits per heavy atom. The number of hydrogen-bond acceptors (Lipinski definition) is 2. The second kappa shape index (κ2) is 6.18. The summed E-state index contributed by atoms with van der Waals surface area (Å²) in [4.78, 5) is 0. The molecule has 0 saturated heterocycles. The summed E-state index contributed by atoms with van der Waals surface area (Å²) in [6.45, 7) is 7.24. The van der Waals surface area contributed by atoms with Gasteiger partial charge in [0, 0.05) is 6.04 Å². The zero-order chi connectivity index (χ0) is 8.69. The number of rotatable bonds is 5. The first-order valence-corrected chi connectivity index (χ1v) is 4.39. The number of hydrogen-bond donors (Lipinski definition) is 1. The van der Waals surface area contributed by atoms with Gasteiger partial charge < -0.3 is 5.32 Å². The van der Waals surface area contributed by atoms with Crippen molar-refractivity contribution in [3.8, 4) is 6.07 Å². The minimum absolute atomic E-state index is 0.131. The SMILES string of the molecule is CCCNC(CC)[C@H](C)C#N. The first-order chi connectivity index (χ1) is 5.26. The van der Waals surface area contributed by atoms with Crippen molar-refractivity contribution in [3.05, 3.63) is 0 Å². The lowest BCUT2D eigenvalue weighted by molar-refractivity contribution is 0.425. The molecule has 0 spiro atoms. The molecule has 64 valence electrons. The van der Waals surface area contributed by atoms with E-state index in [2.05, 4.69) is 25.2 Å². The molecule has 0 saturated carbocycles. The zero-order valence-corrected chi connectivity index (χ0v) is 7.72. The van der Waals surface area contributed by atoms with Gasteiger partial charge in [-0.1, -0.05) is 13.8 Å². The van der Waals surface area contributed by atoms with Gasteiger partial charge in [-0.05, 0) is 26.3 Å². The predicted molar refractivity (Wildman–Crippen MR) is 47.1 cm³/mol. The topological polar surface area (TPSA) is 35.8 Å². The van der Waals surface area contributed by atoms with Crippen LogP contribution in [0.5, 0.6) is 0 Å². The smallest absolute Gasteiger partial charge is 0.0669 e. The predicted octanol–water partition coefficient (Wildman–Crippen LogP) is 1.92. The first-order valence-electron chi connectivity index (χ1n) is 4.39. The third-order valence-corrected chi connectivity index (χ3v) is 1.90. The Labute approximate surface area is 69.6 Å². The monoisotopic (exact) mass is 154 g/mol. The summed E-state index contributed by atoms with van der Waals surface area (Å²) in [5.41, 5.74) is 0. The average Bonchev–Trinajstić information content (AvgIpc) is 2.05. The van der Waals surface area contributed by atoms with Crippen molar-refractivity contribution in [1.82, 2.24) is 5.32 Å². The quantitative estimate of drug-likeness (QED) is 0.656. The molecule has 0 aromatic heterocycles. The first kappa shape index (κ1) is 10.4. The van der Waals surface area contributed by atoms with E-state index in [0.29, 0.717) is 6.04 Å². The average molecular weight is 154 g/mol. The van der Waals surface area contributed by atoms with Gasteiger partial charge in [0.1, 0.15) is 0 Å². The Bertz CT molecular complexity index is 126. The van der Waals surface area contributed by atoms with Crippen molar-refractivity contribution in [2.24, 2.45) is 5.92 Å². The summed E-state index contributed by atoms with van der Waals surface area (Å²) >= 11 is 0. The molecular formula is C9H18N2. The van der Waals surface area contributed by atoms with Crippen LogP contribution in [0.3, 0.4) is 0 Å². The molecule has 0 amide bonds. The van der Waals surface area contributed by atoms with Crippen molar-refractivity contribution in [2.75, 3.05) is 6.54 Å². The van der Waals surface area contributed by atoms with E-state index in [4.69, 9.17) is 5.26 Å². The Balaban J connectivity index is 3.67. The van der Waals surface area contributed by atoms with Crippen molar-refractivity contribution >= 4 is 0 Å². The van der Waals surface area contributed by atoms with Crippen LogP contribution in [0.2, 0.25) is 0 Å². The molecule has 0 aromatic carbocycles. The van der Waals surface area contributed by atoms with E-state index in [1.807, 2.05) is 6.92 Å². The van der Waals surface area contributed by atoms with Gasteiger partial charge in [-0.2, -0.15) is 5.26 Å². The molecule has 0 fully saturated rings. The Morgan fingerprint density at radius 1 is 1.45 bits per heavy atom. The van der Waals surface area contributed by atoms with Gasteiger partial charge >= 0.3 is 0 Å². The van der Waals surface area contributed by atoms with E-state index < -0.39 is 0 Å². The lowest BCUT2D eigenvalue weighted by Gasteiger charge is -2.17. The summed E-state index contributed by atoms with van der Waals surface area (Å²) in [6.07, 6.45) is 2.17. The van der Waals surface area contributed by atoms with Crippen LogP contribution in [0, 0.1) is 17.2 Å². The third kappa shape index (κ3) is 4.00. The highest BCUT2D eigenvalue weighted by Gasteiger charge is 2.12. The van der Waals surface area contributed by atoms with Gasteiger partial charge in [-0.3, -0.25) is 0 Å². The molecule has 0 radical (unpaired) electrons. The fraction of sp³-hybridized carbons (Fsp3) is 0.889. The molecule has 0 aliphatic heterocycles. The fourth-order valence-electron chi connectivity index (χ4n) is 1.09. The third-order valence-electron chi connectivity index (χ3n) is 1.90. The van der Waals surface area contributed by atoms with E-state index >= 15 is 0 Å². The standard InChI is InChI=1S/C9H18N2/c1-4-6-11-9(5-2)8(3)7-10/h8-9,11H,4-6H2,1-3H3/t8-,9?/m1/s1. The summed E-state index contributed by atoms with van der Waals surface area (Å²) in [5, 5.41) is 12.0. The largest absolute Gasteiger partial charge is 0.313 e. The van der Waals surface area contributed by atoms with Crippen molar-refractivity contribution < 1.29 is 0 Å². The lowest BCUT2D eigenvalue weighted by atomic mass is 10.0. The van der Waals surface area contributed by atoms with E-state index in [1.54, 1.807) is 0 Å². The fourth-order valence-corrected chi connectivity index (χ4v) is 1.09. The molecule has 0 aliphatic rings. The lowest BCUT2D eigenvalue weighted by Crippen LogP contribution is -2.34. The Hall–Kier alpha value is -0.550. The molecule has 0 rings (SSSR count). The van der Waals surface area contributed by atoms with Gasteiger partial charge in [0.2, 0.25) is 0 Å². The highest BCUT2D eigenvalue weighted by Crippen LogP contribution is 2.04. The van der Waals surface area contributed by atoms with Crippen molar-refractivity contribution in [2.45, 2.75) is 39.7 Å². The van der Waals surface area contributed by atoms with Crippen LogP contribution in [0.1, 0.15) is 33.6 Å². The van der Waals surface area contributed by atoms with Gasteiger partial charge in [0.25, 0.3) is 0 Å². The number of nitriles is 1. The molecule has 0 aliphatic carbocycles. The van der Waals surface area contributed by atoms with Crippen LogP contribution in [0.4, 0.5) is 0 Å². The minimum atomic E-state index is 0.131. The van der Waals surface area contributed by atoms with E-state index in [0.717, 1.165) is 19.4 Å². The van der Waals surface area contributed by atoms with E-state index in [-0.39, 0.29) is 5.92 Å². The molecule has 2 atom stereocenters. The maximum absolute atomic E-state index is 8.65. The number of nitrogens with zero attached hydrogens (tertiary/aromatic N) is 1. The second-order valence-electron chi connectivity index (χ2n) is 2.89. The highest BCUT2D eigenvalue weighted by molar-refractivity contribution is 4.87. The molecule has 2 nitrogen and oxygen atoms in total. The molecular weight excluding hydrogens is 136 g/mol. The van der Waals surface area contributed by atoms with Gasteiger partial charge in [0.05, 0.1) is 12.0 Å². The Morgan fingerprint density at radius 2 is 2.09 bits per heavy atom. The van der Waals surface area contributed by atoms with E-state index in [9.17, 15) is 0 Å². The normalized spacial score (nSPS) is 15.5. The maximum atomic E-state index is 8.65. The molecule has 1 unspecified atom stereocenters. The second-order valence-corrected chi connectivity index (χ2v) is 2.89. The minimum Gasteiger partial charge on any atom is -0.313 e. The molecule has 11 heavy (non-hydrogen) atoms. The zero-order valence-electron chi connectivity index (χ0n) is 7.72. The van der Waals surface area contributed by atoms with Gasteiger partial charge in [-0.25, -0.2) is 0 Å². The highest BCUT2D eigenvalue weighted by atomic mass is 14.9. The molecule has 0 heterocycles. The Kier molecular flexibility index (Phi) is 5.87. The summed E-state index contributed by atoms with van der Waals surface area (Å²) < 4.78 is 0. The summed E-state index contributed by atoms with van der Waals surface area (Å²) in [5.74, 6) is 0.131. The van der Waals surface area contributed by atoms with E-state index in [1.165, 1.54) is 0 Å². The van der Waals surface area contributed by atoms with Crippen LogP contribution in [0.15, 0.2) is 0 Å². The number of nitrogens with one attached hydrogen (secondary N) is 1. The summed E-state index contributed by atoms with van der Waals surface area (Å²) in [7, 11) is 0. The van der Waals surface area contributed by atoms with Crippen LogP contribution < -0.4 is 5.32 Å². The van der Waals surface area contributed by atoms with Crippen molar-refractivity contribution in [3.63, 3.8) is 0 Å². The van der Waals surface area contributed by atoms with Crippen LogP contribution >= 0.6 is 0 Å². The van der Waals surface area contributed by atoms with Crippen molar-refractivity contribution in [1.29, 1.82) is 5.26 Å². The molecule has 0 bridgehead atoms. The van der Waals surface area contributed by atoms with Gasteiger partial charge in [-0.15, -0.1) is 0 Å². The maximum Gasteiger partial charge on any atom is 0.0669 e. The molecule has 1 N–H and O–H groups in total. The molecule has 0 aromatic rings. The van der Waals surface area contributed by atoms with Crippen LogP contribution in [-0.2, 0) is 0 Å². The van der Waals surface area contributed by atoms with Crippen LogP contribution in [0.25, 0.3) is 0 Å². The molecule has 2 heteroatoms. The van der Waals surface area contributed by atoms with Crippen LogP contribution in [-0.4, -0.2) is 12.6 Å². The summed E-state index contributed by atoms with van der Waals surface area (Å²) in [6, 6.07) is 2.64.